The zero-order valence-corrected chi connectivity index (χ0v) is 11.9. The molecule has 2 N–H and O–H groups in total. The number of ether oxygens (including phenoxy) is 1. The van der Waals surface area contributed by atoms with Crippen molar-refractivity contribution < 1.29 is 4.74 Å². The van der Waals surface area contributed by atoms with Crippen molar-refractivity contribution in [3.63, 3.8) is 0 Å². The van der Waals surface area contributed by atoms with Gasteiger partial charge in [-0.2, -0.15) is 0 Å². The van der Waals surface area contributed by atoms with Crippen LogP contribution in [0.3, 0.4) is 0 Å². The maximum absolute atomic E-state index is 5.96. The zero-order valence-electron chi connectivity index (χ0n) is 10.3. The summed E-state index contributed by atoms with van der Waals surface area (Å²) in [6.07, 6.45) is 0. The molecular weight excluding hydrogens is 280 g/mol. The van der Waals surface area contributed by atoms with E-state index in [0.717, 1.165) is 11.4 Å². The van der Waals surface area contributed by atoms with Crippen molar-refractivity contribution in [3.05, 3.63) is 53.6 Å². The number of nitrogens with one attached hydrogen (secondary N) is 2. The van der Waals surface area contributed by atoms with Crippen molar-refractivity contribution in [1.82, 2.24) is 0 Å². The number of para-hydroxylation sites is 1. The van der Waals surface area contributed by atoms with E-state index in [-0.39, 0.29) is 0 Å². The quantitative estimate of drug-likeness (QED) is 0.832. The molecular formula is C14H13ClN2OS. The topological polar surface area (TPSA) is 33.3 Å². The van der Waals surface area contributed by atoms with Crippen LogP contribution in [0.25, 0.3) is 0 Å². The standard InChI is InChI=1S/C14H13ClN2OS/c1-18-13-8-7-10(15)9-12(13)17-14(19)16-11-5-3-2-4-6-11/h2-9H,1H3,(H2,16,17,19). The molecule has 0 heterocycles. The molecule has 0 saturated carbocycles. The Morgan fingerprint density at radius 1 is 1.11 bits per heavy atom. The minimum absolute atomic E-state index is 0.478. The number of anilines is 2. The van der Waals surface area contributed by atoms with E-state index in [1.54, 1.807) is 25.3 Å². The molecule has 0 atom stereocenters. The van der Waals surface area contributed by atoms with Gasteiger partial charge in [0.05, 0.1) is 12.8 Å². The molecule has 0 fully saturated rings. The van der Waals surface area contributed by atoms with E-state index in [4.69, 9.17) is 28.6 Å². The van der Waals surface area contributed by atoms with Crippen molar-refractivity contribution in [3.8, 4) is 5.75 Å². The Balaban J connectivity index is 2.09. The summed E-state index contributed by atoms with van der Waals surface area (Å²) in [7, 11) is 1.60. The number of methoxy groups -OCH3 is 1. The molecule has 0 bridgehead atoms. The Kier molecular flexibility index (Phi) is 4.60. The Morgan fingerprint density at radius 2 is 1.84 bits per heavy atom. The van der Waals surface area contributed by atoms with Crippen LogP contribution in [0.1, 0.15) is 0 Å². The minimum Gasteiger partial charge on any atom is -0.495 e. The number of hydrogen-bond acceptors (Lipinski definition) is 2. The third-order valence-corrected chi connectivity index (χ3v) is 2.88. The average molecular weight is 293 g/mol. The second-order valence-corrected chi connectivity index (χ2v) is 4.63. The summed E-state index contributed by atoms with van der Waals surface area (Å²) in [4.78, 5) is 0. The van der Waals surface area contributed by atoms with Crippen LogP contribution in [0, 0.1) is 0 Å². The lowest BCUT2D eigenvalue weighted by molar-refractivity contribution is 0.417. The third-order valence-electron chi connectivity index (χ3n) is 2.44. The summed E-state index contributed by atoms with van der Waals surface area (Å²) in [5.41, 5.74) is 1.64. The van der Waals surface area contributed by atoms with Gasteiger partial charge in [0.2, 0.25) is 0 Å². The molecule has 0 aliphatic heterocycles. The SMILES string of the molecule is COc1ccc(Cl)cc1NC(=S)Nc1ccccc1. The molecule has 0 radical (unpaired) electrons. The predicted octanol–water partition coefficient (Wildman–Crippen LogP) is 4.16. The van der Waals surface area contributed by atoms with E-state index in [1.807, 2.05) is 30.3 Å². The van der Waals surface area contributed by atoms with Crippen LogP contribution in [-0.4, -0.2) is 12.2 Å². The molecule has 2 rings (SSSR count). The number of hydrogen-bond donors (Lipinski definition) is 2. The first-order valence-electron chi connectivity index (χ1n) is 5.65. The molecule has 5 heteroatoms. The molecule has 0 aliphatic rings. The summed E-state index contributed by atoms with van der Waals surface area (Å²) in [6.45, 7) is 0. The Labute approximate surface area is 122 Å². The van der Waals surface area contributed by atoms with Gasteiger partial charge in [-0.25, -0.2) is 0 Å². The molecule has 0 spiro atoms. The number of benzene rings is 2. The van der Waals surface area contributed by atoms with Gasteiger partial charge >= 0.3 is 0 Å². The smallest absolute Gasteiger partial charge is 0.175 e. The van der Waals surface area contributed by atoms with Gasteiger partial charge < -0.3 is 15.4 Å². The van der Waals surface area contributed by atoms with E-state index < -0.39 is 0 Å². The molecule has 0 amide bonds. The fraction of sp³-hybridized carbons (Fsp3) is 0.0714. The predicted molar refractivity (Wildman–Crippen MR) is 84.3 cm³/mol. The highest BCUT2D eigenvalue weighted by Crippen LogP contribution is 2.27. The monoisotopic (exact) mass is 292 g/mol. The van der Waals surface area contributed by atoms with Gasteiger partial charge in [-0.1, -0.05) is 29.8 Å². The highest BCUT2D eigenvalue weighted by atomic mass is 35.5. The van der Waals surface area contributed by atoms with Crippen LogP contribution in [0.5, 0.6) is 5.75 Å². The van der Waals surface area contributed by atoms with Crippen LogP contribution in [0.4, 0.5) is 11.4 Å². The van der Waals surface area contributed by atoms with Crippen LogP contribution >= 0.6 is 23.8 Å². The lowest BCUT2D eigenvalue weighted by atomic mass is 10.3. The average Bonchev–Trinajstić information content (AvgIpc) is 2.40. The normalized spacial score (nSPS) is 9.79. The lowest BCUT2D eigenvalue weighted by Gasteiger charge is -2.13. The summed E-state index contributed by atoms with van der Waals surface area (Å²) >= 11 is 11.2. The molecule has 2 aromatic rings. The maximum Gasteiger partial charge on any atom is 0.175 e. The second-order valence-electron chi connectivity index (χ2n) is 3.79. The van der Waals surface area contributed by atoms with E-state index >= 15 is 0 Å². The molecule has 0 unspecified atom stereocenters. The van der Waals surface area contributed by atoms with Gasteiger partial charge in [-0.3, -0.25) is 0 Å². The summed E-state index contributed by atoms with van der Waals surface area (Å²) < 4.78 is 5.24. The summed E-state index contributed by atoms with van der Waals surface area (Å²) in [5.74, 6) is 0.682. The van der Waals surface area contributed by atoms with E-state index in [0.29, 0.717) is 15.9 Å². The molecule has 0 aliphatic carbocycles. The highest BCUT2D eigenvalue weighted by molar-refractivity contribution is 7.80. The fourth-order valence-corrected chi connectivity index (χ4v) is 1.98. The van der Waals surface area contributed by atoms with E-state index in [2.05, 4.69) is 10.6 Å². The molecule has 19 heavy (non-hydrogen) atoms. The lowest BCUT2D eigenvalue weighted by Crippen LogP contribution is -2.19. The van der Waals surface area contributed by atoms with Gasteiger partial charge in [-0.05, 0) is 42.5 Å². The first-order valence-corrected chi connectivity index (χ1v) is 6.44. The van der Waals surface area contributed by atoms with Gasteiger partial charge in [0, 0.05) is 10.7 Å². The summed E-state index contributed by atoms with van der Waals surface area (Å²) in [5, 5.41) is 7.24. The van der Waals surface area contributed by atoms with Gasteiger partial charge in [0.15, 0.2) is 5.11 Å². The van der Waals surface area contributed by atoms with Gasteiger partial charge in [0.25, 0.3) is 0 Å². The molecule has 0 saturated heterocycles. The summed E-state index contributed by atoms with van der Waals surface area (Å²) in [6, 6.07) is 15.0. The molecule has 0 aromatic heterocycles. The van der Waals surface area contributed by atoms with Crippen LogP contribution in [0.15, 0.2) is 48.5 Å². The second kappa shape index (κ2) is 6.41. The van der Waals surface area contributed by atoms with Crippen LogP contribution in [-0.2, 0) is 0 Å². The van der Waals surface area contributed by atoms with Gasteiger partial charge in [0.1, 0.15) is 5.75 Å². The fourth-order valence-electron chi connectivity index (χ4n) is 1.58. The maximum atomic E-state index is 5.96. The van der Waals surface area contributed by atoms with E-state index in [1.165, 1.54) is 0 Å². The van der Waals surface area contributed by atoms with Crippen LogP contribution < -0.4 is 15.4 Å². The first-order chi connectivity index (χ1) is 9.19. The van der Waals surface area contributed by atoms with Crippen molar-refractivity contribution in [2.45, 2.75) is 0 Å². The number of halogens is 1. The third kappa shape index (κ3) is 3.84. The van der Waals surface area contributed by atoms with E-state index in [9.17, 15) is 0 Å². The number of thiocarbonyl (C=S) groups is 1. The Morgan fingerprint density at radius 3 is 2.53 bits per heavy atom. The highest BCUT2D eigenvalue weighted by Gasteiger charge is 2.05. The first kappa shape index (κ1) is 13.6. The number of rotatable bonds is 3. The minimum atomic E-state index is 0.478. The van der Waals surface area contributed by atoms with Crippen molar-refractivity contribution >= 4 is 40.3 Å². The van der Waals surface area contributed by atoms with Crippen LogP contribution in [0.2, 0.25) is 5.02 Å². The largest absolute Gasteiger partial charge is 0.495 e. The zero-order chi connectivity index (χ0) is 13.7. The van der Waals surface area contributed by atoms with Gasteiger partial charge in [-0.15, -0.1) is 0 Å². The Bertz CT molecular complexity index is 575. The van der Waals surface area contributed by atoms with Crippen molar-refractivity contribution in [1.29, 1.82) is 0 Å². The molecule has 3 nitrogen and oxygen atoms in total. The molecule has 2 aromatic carbocycles. The van der Waals surface area contributed by atoms with Crippen molar-refractivity contribution in [2.75, 3.05) is 17.7 Å². The van der Waals surface area contributed by atoms with Crippen molar-refractivity contribution in [2.24, 2.45) is 0 Å². The molecule has 98 valence electrons. The Hall–Kier alpha value is -1.78.